The Morgan fingerprint density at radius 3 is 2.39 bits per heavy atom. The third-order valence-electron chi connectivity index (χ3n) is 5.86. The zero-order chi connectivity index (χ0) is 28.4. The van der Waals surface area contributed by atoms with Gasteiger partial charge < -0.3 is 20.6 Å². The third-order valence-corrected chi connectivity index (χ3v) is 7.56. The Kier molecular flexibility index (Phi) is 9.18. The molecule has 206 valence electrons. The Morgan fingerprint density at radius 1 is 1.13 bits per heavy atom. The van der Waals surface area contributed by atoms with Crippen molar-refractivity contribution < 1.29 is 28.7 Å². The summed E-state index contributed by atoms with van der Waals surface area (Å²) in [5.41, 5.74) is -0.00555. The summed E-state index contributed by atoms with van der Waals surface area (Å²) in [5, 5.41) is 16.9. The van der Waals surface area contributed by atoms with E-state index in [1.54, 1.807) is 6.07 Å². The Hall–Kier alpha value is -2.60. The van der Waals surface area contributed by atoms with E-state index in [0.29, 0.717) is 29.8 Å². The smallest absolute Gasteiger partial charge is 0.407 e. The molecule has 1 aromatic heterocycles. The van der Waals surface area contributed by atoms with Gasteiger partial charge in [-0.1, -0.05) is 67.7 Å². The van der Waals surface area contributed by atoms with Crippen LogP contribution in [0.3, 0.4) is 0 Å². The molecule has 2 aromatic rings. The SMILES string of the molecule is CC(C)(C)C1[C@@H](NC(=O)c2sc(-c3cccc(F)c3)cc2NC(=O)NC(=O)C(Cl)(Cl)Cl)CCCN1C(=O)O. The number of nitrogens with one attached hydrogen (secondary N) is 3. The number of rotatable bonds is 4. The maximum absolute atomic E-state index is 13.9. The van der Waals surface area contributed by atoms with Gasteiger partial charge in [0.2, 0.25) is 0 Å². The zero-order valence-corrected chi connectivity index (χ0v) is 23.7. The Labute approximate surface area is 237 Å². The van der Waals surface area contributed by atoms with Gasteiger partial charge in [0.15, 0.2) is 0 Å². The number of hydrogen-bond acceptors (Lipinski definition) is 5. The number of halogens is 4. The molecule has 0 saturated carbocycles. The summed E-state index contributed by atoms with van der Waals surface area (Å²) in [4.78, 5) is 51.6. The third kappa shape index (κ3) is 7.28. The monoisotopic (exact) mass is 606 g/mol. The maximum atomic E-state index is 13.9. The number of nitrogens with zero attached hydrogens (tertiary/aromatic N) is 1. The lowest BCUT2D eigenvalue weighted by Crippen LogP contribution is -2.61. The second-order valence-corrected chi connectivity index (χ2v) is 13.1. The predicted octanol–water partition coefficient (Wildman–Crippen LogP) is 5.86. The van der Waals surface area contributed by atoms with Gasteiger partial charge >= 0.3 is 12.1 Å². The molecule has 1 aliphatic heterocycles. The van der Waals surface area contributed by atoms with Gasteiger partial charge in [-0.05, 0) is 42.0 Å². The quantitative estimate of drug-likeness (QED) is 0.324. The van der Waals surface area contributed by atoms with Crippen LogP contribution in [0.4, 0.5) is 19.7 Å². The molecule has 0 spiro atoms. The molecule has 1 unspecified atom stereocenters. The van der Waals surface area contributed by atoms with E-state index in [1.807, 2.05) is 26.1 Å². The average molecular weight is 608 g/mol. The normalized spacial score (nSPS) is 18.0. The largest absolute Gasteiger partial charge is 0.465 e. The van der Waals surface area contributed by atoms with Gasteiger partial charge in [-0.25, -0.2) is 14.0 Å². The molecule has 5 amide bonds. The Balaban J connectivity index is 1.94. The number of amides is 5. The first-order valence-corrected chi connectivity index (χ1v) is 13.4. The lowest BCUT2D eigenvalue weighted by Gasteiger charge is -2.46. The average Bonchev–Trinajstić information content (AvgIpc) is 3.21. The highest BCUT2D eigenvalue weighted by Gasteiger charge is 2.42. The minimum Gasteiger partial charge on any atom is -0.465 e. The number of hydrogen-bond donors (Lipinski definition) is 4. The Bertz CT molecular complexity index is 1240. The number of alkyl halides is 3. The molecule has 0 bridgehead atoms. The van der Waals surface area contributed by atoms with Crippen LogP contribution in [-0.2, 0) is 4.79 Å². The first kappa shape index (κ1) is 29.9. The van der Waals surface area contributed by atoms with Gasteiger partial charge in [0.25, 0.3) is 15.6 Å². The molecule has 1 fully saturated rings. The maximum Gasteiger partial charge on any atom is 0.407 e. The summed E-state index contributed by atoms with van der Waals surface area (Å²) < 4.78 is 11.5. The highest BCUT2D eigenvalue weighted by molar-refractivity contribution is 7.18. The molecule has 1 saturated heterocycles. The molecule has 38 heavy (non-hydrogen) atoms. The molecule has 1 aromatic carbocycles. The van der Waals surface area contributed by atoms with E-state index < -0.39 is 51.0 Å². The highest BCUT2D eigenvalue weighted by Crippen LogP contribution is 2.37. The number of likely N-dealkylation sites (tertiary alicyclic amines) is 1. The molecule has 2 atom stereocenters. The van der Waals surface area contributed by atoms with E-state index >= 15 is 0 Å². The van der Waals surface area contributed by atoms with Crippen LogP contribution in [0.25, 0.3) is 10.4 Å². The van der Waals surface area contributed by atoms with Gasteiger partial charge in [0.05, 0.1) is 17.8 Å². The molecule has 14 heteroatoms. The molecular weight excluding hydrogens is 582 g/mol. The van der Waals surface area contributed by atoms with E-state index in [9.17, 15) is 28.7 Å². The van der Waals surface area contributed by atoms with Crippen molar-refractivity contribution in [3.63, 3.8) is 0 Å². The van der Waals surface area contributed by atoms with Crippen molar-refractivity contribution in [2.75, 3.05) is 11.9 Å². The molecule has 2 heterocycles. The van der Waals surface area contributed by atoms with Gasteiger partial charge in [0, 0.05) is 11.4 Å². The number of anilines is 1. The molecule has 4 N–H and O–H groups in total. The summed E-state index contributed by atoms with van der Waals surface area (Å²) in [7, 11) is 0. The molecule has 0 radical (unpaired) electrons. The fourth-order valence-electron chi connectivity index (χ4n) is 4.43. The van der Waals surface area contributed by atoms with Crippen molar-refractivity contribution in [1.29, 1.82) is 0 Å². The summed E-state index contributed by atoms with van der Waals surface area (Å²) in [5.74, 6) is -2.27. The van der Waals surface area contributed by atoms with Crippen LogP contribution in [-0.4, -0.2) is 56.4 Å². The number of thiophene rings is 1. The second-order valence-electron chi connectivity index (χ2n) is 9.78. The van der Waals surface area contributed by atoms with E-state index in [-0.39, 0.29) is 10.6 Å². The van der Waals surface area contributed by atoms with Crippen molar-refractivity contribution in [3.05, 3.63) is 41.0 Å². The fraction of sp³-hybridized carbons (Fsp3) is 0.417. The first-order chi connectivity index (χ1) is 17.6. The number of benzene rings is 1. The summed E-state index contributed by atoms with van der Waals surface area (Å²) in [6.07, 6.45) is 0.0156. The van der Waals surface area contributed by atoms with E-state index in [0.717, 1.165) is 11.3 Å². The zero-order valence-electron chi connectivity index (χ0n) is 20.6. The number of piperidine rings is 1. The predicted molar refractivity (Wildman–Crippen MR) is 146 cm³/mol. The fourth-order valence-corrected chi connectivity index (χ4v) is 5.59. The summed E-state index contributed by atoms with van der Waals surface area (Å²) >= 11 is 17.5. The van der Waals surface area contributed by atoms with E-state index in [4.69, 9.17) is 34.8 Å². The lowest BCUT2D eigenvalue weighted by molar-refractivity contribution is -0.119. The van der Waals surface area contributed by atoms with Gasteiger partial charge in [-0.2, -0.15) is 0 Å². The van der Waals surface area contributed by atoms with Crippen LogP contribution in [0.5, 0.6) is 0 Å². The van der Waals surface area contributed by atoms with Crippen molar-refractivity contribution >= 4 is 75.8 Å². The van der Waals surface area contributed by atoms with Crippen molar-refractivity contribution in [3.8, 4) is 10.4 Å². The number of imide groups is 1. The number of carboxylic acid groups (broad SMARTS) is 1. The first-order valence-electron chi connectivity index (χ1n) is 11.5. The van der Waals surface area contributed by atoms with Crippen molar-refractivity contribution in [2.45, 2.75) is 49.5 Å². The number of carbonyl (C=O) groups excluding carboxylic acids is 3. The van der Waals surface area contributed by atoms with E-state index in [1.165, 1.54) is 29.2 Å². The second kappa shape index (κ2) is 11.6. The van der Waals surface area contributed by atoms with Gasteiger partial charge in [0.1, 0.15) is 10.7 Å². The van der Waals surface area contributed by atoms with Gasteiger partial charge in [-0.3, -0.25) is 14.9 Å². The summed E-state index contributed by atoms with van der Waals surface area (Å²) in [6.45, 7) is 6.02. The number of urea groups is 1. The van der Waals surface area contributed by atoms with Crippen molar-refractivity contribution in [2.24, 2.45) is 5.41 Å². The summed E-state index contributed by atoms with van der Waals surface area (Å²) in [6, 6.07) is 5.05. The molecule has 1 aliphatic rings. The van der Waals surface area contributed by atoms with E-state index in [2.05, 4.69) is 10.6 Å². The van der Waals surface area contributed by atoms with Crippen LogP contribution in [0.15, 0.2) is 30.3 Å². The van der Waals surface area contributed by atoms with Gasteiger partial charge in [-0.15, -0.1) is 11.3 Å². The van der Waals surface area contributed by atoms with Crippen LogP contribution in [0.2, 0.25) is 0 Å². The number of carbonyl (C=O) groups is 4. The minimum absolute atomic E-state index is 0.0274. The highest BCUT2D eigenvalue weighted by atomic mass is 35.6. The molecule has 3 rings (SSSR count). The van der Waals surface area contributed by atoms with Crippen LogP contribution < -0.4 is 16.0 Å². The molecule has 9 nitrogen and oxygen atoms in total. The Morgan fingerprint density at radius 2 is 1.82 bits per heavy atom. The molecular formula is C24H26Cl3FN4O5S. The van der Waals surface area contributed by atoms with Crippen molar-refractivity contribution in [1.82, 2.24) is 15.5 Å². The lowest BCUT2D eigenvalue weighted by atomic mass is 9.77. The van der Waals surface area contributed by atoms with Crippen LogP contribution in [0, 0.1) is 11.2 Å². The minimum atomic E-state index is -2.39. The van der Waals surface area contributed by atoms with Crippen LogP contribution in [0.1, 0.15) is 43.3 Å². The van der Waals surface area contributed by atoms with Crippen LogP contribution >= 0.6 is 46.1 Å². The standard InChI is InChI=1S/C24H26Cl3FN4O5S/c1-23(2,3)18-14(8-5-9-32(18)22(36)37)29-19(33)17-15(30-21(35)31-20(34)24(25,26)27)11-16(38-17)12-6-4-7-13(28)10-12/h4,6-7,10-11,14,18H,5,8-9H2,1-3H3,(H,29,33)(H,36,37)(H2,30,31,34,35)/t14-,18?/m0/s1. The topological polar surface area (TPSA) is 128 Å². The molecule has 0 aliphatic carbocycles.